The fraction of sp³-hybridized carbons (Fsp3) is 0.611. The Labute approximate surface area is 176 Å². The molecule has 0 bridgehead atoms. The molecule has 0 aromatic carbocycles. The predicted octanol–water partition coefficient (Wildman–Crippen LogP) is 3.46. The summed E-state index contributed by atoms with van der Waals surface area (Å²) in [6.07, 6.45) is 5.35. The Morgan fingerprint density at radius 2 is 2.27 bits per heavy atom. The van der Waals surface area contributed by atoms with E-state index in [4.69, 9.17) is 10.1 Å². The fourth-order valence-electron chi connectivity index (χ4n) is 3.04. The van der Waals surface area contributed by atoms with Gasteiger partial charge in [0.2, 0.25) is 0 Å². The van der Waals surface area contributed by atoms with Gasteiger partial charge in [-0.15, -0.1) is 35.3 Å². The van der Waals surface area contributed by atoms with Gasteiger partial charge < -0.3 is 10.6 Å². The minimum Gasteiger partial charge on any atom is -0.357 e. The summed E-state index contributed by atoms with van der Waals surface area (Å²) in [5, 5.41) is 14.8. The lowest BCUT2D eigenvalue weighted by atomic mass is 9.94. The van der Waals surface area contributed by atoms with Gasteiger partial charge >= 0.3 is 0 Å². The van der Waals surface area contributed by atoms with E-state index in [1.165, 1.54) is 11.3 Å². The maximum atomic E-state index is 4.76. The van der Waals surface area contributed by atoms with Gasteiger partial charge in [0.05, 0.1) is 12.2 Å². The van der Waals surface area contributed by atoms with Crippen molar-refractivity contribution in [3.05, 3.63) is 33.5 Å². The Hall–Kier alpha value is -1.16. The molecule has 1 unspecified atom stereocenters. The maximum absolute atomic E-state index is 4.76. The summed E-state index contributed by atoms with van der Waals surface area (Å²) in [5.41, 5.74) is 3.68. The third-order valence-corrected chi connectivity index (χ3v) is 5.30. The number of thiazole rings is 1. The average Bonchev–Trinajstić information content (AvgIpc) is 3.18. The standard InChI is InChI=1S/C18H28N6S.HI/c1-5-19-18(20-9-17-21-13(4)11-25-17)22-15-7-6-14-10-24(12(2)3)23-16(14)8-15;/h10-12,15H,5-9H2,1-4H3,(H2,19,20,22);1H. The Morgan fingerprint density at radius 3 is 2.92 bits per heavy atom. The first-order valence-corrected chi connectivity index (χ1v) is 9.96. The molecule has 3 rings (SSSR count). The lowest BCUT2D eigenvalue weighted by Gasteiger charge is -2.24. The molecule has 1 aliphatic rings. The highest BCUT2D eigenvalue weighted by atomic mass is 127. The summed E-state index contributed by atoms with van der Waals surface area (Å²) >= 11 is 1.67. The molecule has 1 aliphatic carbocycles. The Balaban J connectivity index is 0.00000243. The van der Waals surface area contributed by atoms with Gasteiger partial charge in [-0.05, 0) is 46.1 Å². The zero-order valence-corrected chi connectivity index (χ0v) is 19.1. The lowest BCUT2D eigenvalue weighted by Crippen LogP contribution is -2.45. The number of rotatable bonds is 5. The SMILES string of the molecule is CCNC(=NCc1nc(C)cs1)NC1CCc2cn(C(C)C)nc2C1.I. The molecule has 2 aromatic heterocycles. The second-order valence-electron chi connectivity index (χ2n) is 6.84. The number of aromatic nitrogens is 3. The predicted molar refractivity (Wildman–Crippen MR) is 119 cm³/mol. The fourth-order valence-corrected chi connectivity index (χ4v) is 3.73. The first kappa shape index (κ1) is 21.1. The molecule has 1 atom stereocenters. The van der Waals surface area contributed by atoms with Crippen molar-refractivity contribution < 1.29 is 0 Å². The van der Waals surface area contributed by atoms with Crippen molar-refractivity contribution in [1.82, 2.24) is 25.4 Å². The van der Waals surface area contributed by atoms with Crippen LogP contribution in [0.1, 0.15) is 55.2 Å². The molecule has 0 amide bonds. The van der Waals surface area contributed by atoms with E-state index in [0.29, 0.717) is 18.6 Å². The molecular weight excluding hydrogens is 459 g/mol. The largest absolute Gasteiger partial charge is 0.357 e. The van der Waals surface area contributed by atoms with Gasteiger partial charge in [-0.3, -0.25) is 4.68 Å². The highest BCUT2D eigenvalue weighted by Crippen LogP contribution is 2.21. The van der Waals surface area contributed by atoms with Crippen molar-refractivity contribution in [3.8, 4) is 0 Å². The van der Waals surface area contributed by atoms with Crippen molar-refractivity contribution in [2.45, 2.75) is 65.6 Å². The number of nitrogens with one attached hydrogen (secondary N) is 2. The van der Waals surface area contributed by atoms with Crippen LogP contribution < -0.4 is 10.6 Å². The first-order chi connectivity index (χ1) is 12.0. The smallest absolute Gasteiger partial charge is 0.191 e. The minimum absolute atomic E-state index is 0. The van der Waals surface area contributed by atoms with E-state index >= 15 is 0 Å². The summed E-state index contributed by atoms with van der Waals surface area (Å²) < 4.78 is 2.08. The van der Waals surface area contributed by atoms with Crippen LogP contribution in [0.3, 0.4) is 0 Å². The Bertz CT molecular complexity index is 736. The van der Waals surface area contributed by atoms with Crippen LogP contribution in [-0.2, 0) is 19.4 Å². The molecule has 2 aromatic rings. The van der Waals surface area contributed by atoms with Gasteiger partial charge in [-0.1, -0.05) is 0 Å². The topological polar surface area (TPSA) is 67.1 Å². The number of aliphatic imine (C=N–C) groups is 1. The van der Waals surface area contributed by atoms with Gasteiger partial charge in [0, 0.05) is 42.3 Å². The second-order valence-corrected chi connectivity index (χ2v) is 7.78. The number of nitrogens with zero attached hydrogens (tertiary/aromatic N) is 4. The molecule has 0 fully saturated rings. The molecule has 0 spiro atoms. The summed E-state index contributed by atoms with van der Waals surface area (Å²) in [6, 6.07) is 0.788. The van der Waals surface area contributed by atoms with E-state index in [-0.39, 0.29) is 24.0 Å². The number of guanidine groups is 1. The molecule has 0 saturated heterocycles. The number of halogens is 1. The summed E-state index contributed by atoms with van der Waals surface area (Å²) in [5.74, 6) is 0.868. The minimum atomic E-state index is 0. The molecule has 2 heterocycles. The van der Waals surface area contributed by atoms with Crippen LogP contribution in [0.25, 0.3) is 0 Å². The molecule has 0 aliphatic heterocycles. The molecular formula is C18H29IN6S. The molecule has 2 N–H and O–H groups in total. The first-order valence-electron chi connectivity index (χ1n) is 9.08. The molecule has 26 heavy (non-hydrogen) atoms. The second kappa shape index (κ2) is 9.68. The molecule has 0 saturated carbocycles. The van der Waals surface area contributed by atoms with E-state index in [9.17, 15) is 0 Å². The normalized spacial score (nSPS) is 17.0. The number of fused-ring (bicyclic) bond motifs is 1. The number of hydrogen-bond donors (Lipinski definition) is 2. The van der Waals surface area contributed by atoms with Crippen molar-refractivity contribution >= 4 is 41.3 Å². The lowest BCUT2D eigenvalue weighted by molar-refractivity contribution is 0.499. The monoisotopic (exact) mass is 488 g/mol. The maximum Gasteiger partial charge on any atom is 0.191 e. The van der Waals surface area contributed by atoms with E-state index in [2.05, 4.69) is 52.6 Å². The van der Waals surface area contributed by atoms with Crippen molar-refractivity contribution in [2.75, 3.05) is 6.54 Å². The van der Waals surface area contributed by atoms with Crippen LogP contribution in [-0.4, -0.2) is 33.3 Å². The molecule has 6 nitrogen and oxygen atoms in total. The van der Waals surface area contributed by atoms with Gasteiger partial charge in [0.25, 0.3) is 0 Å². The Kier molecular flexibility index (Phi) is 7.87. The van der Waals surface area contributed by atoms with Gasteiger partial charge in [-0.2, -0.15) is 5.10 Å². The van der Waals surface area contributed by atoms with Gasteiger partial charge in [-0.25, -0.2) is 9.98 Å². The van der Waals surface area contributed by atoms with Crippen LogP contribution in [0.2, 0.25) is 0 Å². The van der Waals surface area contributed by atoms with Crippen LogP contribution in [0, 0.1) is 6.92 Å². The van der Waals surface area contributed by atoms with E-state index in [0.717, 1.165) is 42.5 Å². The van der Waals surface area contributed by atoms with Crippen LogP contribution in [0.4, 0.5) is 0 Å². The molecule has 144 valence electrons. The van der Waals surface area contributed by atoms with E-state index in [1.54, 1.807) is 11.3 Å². The van der Waals surface area contributed by atoms with Crippen LogP contribution in [0.5, 0.6) is 0 Å². The van der Waals surface area contributed by atoms with Gasteiger partial charge in [0.15, 0.2) is 5.96 Å². The Morgan fingerprint density at radius 1 is 1.46 bits per heavy atom. The quantitative estimate of drug-likeness (QED) is 0.385. The van der Waals surface area contributed by atoms with Gasteiger partial charge in [0.1, 0.15) is 5.01 Å². The third-order valence-electron chi connectivity index (χ3n) is 4.35. The highest BCUT2D eigenvalue weighted by molar-refractivity contribution is 14.0. The van der Waals surface area contributed by atoms with E-state index < -0.39 is 0 Å². The summed E-state index contributed by atoms with van der Waals surface area (Å²) in [7, 11) is 0. The average molecular weight is 488 g/mol. The van der Waals surface area contributed by atoms with E-state index in [1.807, 2.05) is 6.92 Å². The molecule has 0 radical (unpaired) electrons. The zero-order chi connectivity index (χ0) is 17.8. The van der Waals surface area contributed by atoms with Crippen molar-refractivity contribution in [1.29, 1.82) is 0 Å². The zero-order valence-electron chi connectivity index (χ0n) is 16.0. The molecule has 8 heteroatoms. The van der Waals surface area contributed by atoms with Crippen LogP contribution >= 0.6 is 35.3 Å². The summed E-state index contributed by atoms with van der Waals surface area (Å²) in [4.78, 5) is 9.18. The highest BCUT2D eigenvalue weighted by Gasteiger charge is 2.23. The summed E-state index contributed by atoms with van der Waals surface area (Å²) in [6.45, 7) is 9.92. The van der Waals surface area contributed by atoms with Crippen molar-refractivity contribution in [3.63, 3.8) is 0 Å². The third kappa shape index (κ3) is 5.42. The number of hydrogen-bond acceptors (Lipinski definition) is 4. The number of aryl methyl sites for hydroxylation is 2. The van der Waals surface area contributed by atoms with Crippen LogP contribution in [0.15, 0.2) is 16.6 Å². The van der Waals surface area contributed by atoms with Crippen molar-refractivity contribution in [2.24, 2.45) is 4.99 Å².